The van der Waals surface area contributed by atoms with Gasteiger partial charge in [-0.25, -0.2) is 4.39 Å². The van der Waals surface area contributed by atoms with E-state index in [2.05, 4.69) is 4.98 Å². The van der Waals surface area contributed by atoms with Crippen molar-refractivity contribution >= 4 is 22.6 Å². The molecule has 1 aromatic heterocycles. The molecule has 0 aliphatic carbocycles. The minimum absolute atomic E-state index is 0.160. The molecule has 0 atom stereocenters. The molecule has 0 saturated heterocycles. The molecule has 0 unspecified atom stereocenters. The third-order valence-electron chi connectivity index (χ3n) is 3.55. The maximum atomic E-state index is 13.9. The molecule has 0 aliphatic heterocycles. The lowest BCUT2D eigenvalue weighted by molar-refractivity contribution is -0.126. The molecule has 1 aromatic carbocycles. The molecule has 0 saturated carbocycles. The average molecular weight is 306 g/mol. The Bertz CT molecular complexity index is 709. The first kappa shape index (κ1) is 16.0. The predicted molar refractivity (Wildman–Crippen MR) is 81.7 cm³/mol. The van der Waals surface area contributed by atoms with E-state index in [9.17, 15) is 14.0 Å². The van der Waals surface area contributed by atoms with E-state index in [0.717, 1.165) is 6.42 Å². The third-order valence-corrected chi connectivity index (χ3v) is 3.55. The summed E-state index contributed by atoms with van der Waals surface area (Å²) in [4.78, 5) is 28.9. The first-order valence-corrected chi connectivity index (χ1v) is 7.21. The van der Waals surface area contributed by atoms with Crippen LogP contribution < -0.4 is 4.74 Å². The highest BCUT2D eigenvalue weighted by Gasteiger charge is 2.25. The second-order valence-corrected chi connectivity index (χ2v) is 4.95. The number of ketones is 1. The number of aromatic amines is 1. The van der Waals surface area contributed by atoms with Crippen LogP contribution in [0.4, 0.5) is 4.39 Å². The minimum Gasteiger partial charge on any atom is -0.497 e. The molecule has 0 fully saturated rings. The van der Waals surface area contributed by atoms with Crippen LogP contribution in [0.1, 0.15) is 30.6 Å². The fourth-order valence-electron chi connectivity index (χ4n) is 2.40. The van der Waals surface area contributed by atoms with Gasteiger partial charge in [0, 0.05) is 30.7 Å². The maximum Gasteiger partial charge on any atom is 0.295 e. The summed E-state index contributed by atoms with van der Waals surface area (Å²) in [6.07, 6.45) is 2.14. The van der Waals surface area contributed by atoms with E-state index in [1.165, 1.54) is 24.3 Å². The lowest BCUT2D eigenvalue weighted by Crippen LogP contribution is -2.36. The molecule has 118 valence electrons. The Labute approximate surface area is 128 Å². The van der Waals surface area contributed by atoms with Crippen LogP contribution in [-0.2, 0) is 4.79 Å². The van der Waals surface area contributed by atoms with Gasteiger partial charge in [0.15, 0.2) is 5.82 Å². The lowest BCUT2D eigenvalue weighted by Gasteiger charge is -2.18. The molecule has 1 amide bonds. The first-order valence-electron chi connectivity index (χ1n) is 7.21. The van der Waals surface area contributed by atoms with E-state index in [1.807, 2.05) is 13.8 Å². The Morgan fingerprint density at radius 2 is 2.05 bits per heavy atom. The lowest BCUT2D eigenvalue weighted by atomic mass is 10.1. The number of carbonyl (C=O) groups is 2. The molecular weight excluding hydrogens is 287 g/mol. The predicted octanol–water partition coefficient (Wildman–Crippen LogP) is 2.76. The maximum absolute atomic E-state index is 13.9. The van der Waals surface area contributed by atoms with Crippen molar-refractivity contribution in [2.75, 3.05) is 20.2 Å². The summed E-state index contributed by atoms with van der Waals surface area (Å²) in [6.45, 7) is 4.73. The van der Waals surface area contributed by atoms with Crippen molar-refractivity contribution in [2.24, 2.45) is 0 Å². The molecular formula is C16H19FN2O3. The molecule has 0 bridgehead atoms. The van der Waals surface area contributed by atoms with Gasteiger partial charge in [0.25, 0.3) is 11.7 Å². The number of carbonyl (C=O) groups excluding carboxylic acids is 2. The normalized spacial score (nSPS) is 10.7. The summed E-state index contributed by atoms with van der Waals surface area (Å²) < 4.78 is 19.0. The van der Waals surface area contributed by atoms with Crippen LogP contribution in [0.2, 0.25) is 0 Å². The summed E-state index contributed by atoms with van der Waals surface area (Å²) in [5.41, 5.74) is 0.350. The van der Waals surface area contributed by atoms with Crippen molar-refractivity contribution in [3.05, 3.63) is 29.7 Å². The SMILES string of the molecule is CCCN(CC)C(=O)C(=O)c1c[nH]c2c(F)cc(OC)cc12. The van der Waals surface area contributed by atoms with Crippen LogP contribution in [0.3, 0.4) is 0 Å². The van der Waals surface area contributed by atoms with E-state index >= 15 is 0 Å². The van der Waals surface area contributed by atoms with Gasteiger partial charge in [0.05, 0.1) is 18.2 Å². The molecule has 22 heavy (non-hydrogen) atoms. The van der Waals surface area contributed by atoms with Crippen LogP contribution >= 0.6 is 0 Å². The minimum atomic E-state index is -0.644. The average Bonchev–Trinajstić information content (AvgIpc) is 2.95. The number of hydrogen-bond donors (Lipinski definition) is 1. The molecule has 5 nitrogen and oxygen atoms in total. The number of Topliss-reactive ketones (excluding diaryl/α,β-unsaturated/α-hetero) is 1. The summed E-state index contributed by atoms with van der Waals surface area (Å²) in [5, 5.41) is 0.350. The monoisotopic (exact) mass is 306 g/mol. The number of ether oxygens (including phenoxy) is 1. The van der Waals surface area contributed by atoms with Crippen molar-refractivity contribution in [1.29, 1.82) is 0 Å². The number of likely N-dealkylation sites (N-methyl/N-ethyl adjacent to an activating group) is 1. The second kappa shape index (κ2) is 6.60. The molecule has 0 spiro atoms. The van der Waals surface area contributed by atoms with Crippen LogP contribution in [0.5, 0.6) is 5.75 Å². The van der Waals surface area contributed by atoms with Gasteiger partial charge in [-0.15, -0.1) is 0 Å². The molecule has 2 aromatic rings. The first-order chi connectivity index (χ1) is 10.5. The van der Waals surface area contributed by atoms with Crippen molar-refractivity contribution in [3.63, 3.8) is 0 Å². The van der Waals surface area contributed by atoms with Gasteiger partial charge in [0.1, 0.15) is 5.75 Å². The molecule has 6 heteroatoms. The van der Waals surface area contributed by atoms with Crippen molar-refractivity contribution in [2.45, 2.75) is 20.3 Å². The Hall–Kier alpha value is -2.37. The fourth-order valence-corrected chi connectivity index (χ4v) is 2.40. The van der Waals surface area contributed by atoms with Crippen molar-refractivity contribution < 1.29 is 18.7 Å². The number of amides is 1. The number of fused-ring (bicyclic) bond motifs is 1. The van der Waals surface area contributed by atoms with Crippen LogP contribution in [0.15, 0.2) is 18.3 Å². The number of H-pyrrole nitrogens is 1. The number of hydrogen-bond acceptors (Lipinski definition) is 3. The van der Waals surface area contributed by atoms with Gasteiger partial charge in [-0.2, -0.15) is 0 Å². The summed E-state index contributed by atoms with van der Waals surface area (Å²) in [6, 6.07) is 2.77. The number of nitrogens with one attached hydrogen (secondary N) is 1. The highest BCUT2D eigenvalue weighted by atomic mass is 19.1. The van der Waals surface area contributed by atoms with E-state index in [4.69, 9.17) is 4.74 Å². The van der Waals surface area contributed by atoms with Gasteiger partial charge < -0.3 is 14.6 Å². The number of aromatic nitrogens is 1. The zero-order valence-corrected chi connectivity index (χ0v) is 12.9. The van der Waals surface area contributed by atoms with Crippen molar-refractivity contribution in [1.82, 2.24) is 9.88 Å². The summed E-state index contributed by atoms with van der Waals surface area (Å²) >= 11 is 0. The Balaban J connectivity index is 2.44. The fraction of sp³-hybridized carbons (Fsp3) is 0.375. The van der Waals surface area contributed by atoms with Gasteiger partial charge >= 0.3 is 0 Å². The molecule has 0 aliphatic rings. The summed E-state index contributed by atoms with van der Waals surface area (Å²) in [7, 11) is 1.42. The number of methoxy groups -OCH3 is 1. The smallest absolute Gasteiger partial charge is 0.295 e. The third kappa shape index (κ3) is 2.81. The van der Waals surface area contributed by atoms with Gasteiger partial charge in [-0.3, -0.25) is 9.59 Å². The Kier molecular flexibility index (Phi) is 4.80. The molecule has 2 rings (SSSR count). The standard InChI is InChI=1S/C16H19FN2O3/c1-4-6-19(5-2)16(21)15(20)12-9-18-14-11(12)7-10(22-3)8-13(14)17/h7-9,18H,4-6H2,1-3H3. The topological polar surface area (TPSA) is 62.4 Å². The van der Waals surface area contributed by atoms with Crippen LogP contribution in [0, 0.1) is 5.82 Å². The highest BCUT2D eigenvalue weighted by Crippen LogP contribution is 2.27. The molecule has 1 heterocycles. The van der Waals surface area contributed by atoms with E-state index in [1.54, 1.807) is 6.07 Å². The Morgan fingerprint density at radius 3 is 2.64 bits per heavy atom. The quantitative estimate of drug-likeness (QED) is 0.659. The molecule has 0 radical (unpaired) electrons. The van der Waals surface area contributed by atoms with E-state index < -0.39 is 17.5 Å². The van der Waals surface area contributed by atoms with E-state index in [0.29, 0.717) is 24.2 Å². The summed E-state index contributed by atoms with van der Waals surface area (Å²) in [5.74, 6) is -1.45. The zero-order chi connectivity index (χ0) is 16.3. The second-order valence-electron chi connectivity index (χ2n) is 4.95. The van der Waals surface area contributed by atoms with Crippen LogP contribution in [0.25, 0.3) is 10.9 Å². The number of benzene rings is 1. The molecule has 1 N–H and O–H groups in total. The van der Waals surface area contributed by atoms with Gasteiger partial charge in [0.2, 0.25) is 0 Å². The van der Waals surface area contributed by atoms with E-state index in [-0.39, 0.29) is 11.1 Å². The highest BCUT2D eigenvalue weighted by molar-refractivity contribution is 6.44. The number of rotatable bonds is 6. The Morgan fingerprint density at radius 1 is 1.32 bits per heavy atom. The largest absolute Gasteiger partial charge is 0.497 e. The van der Waals surface area contributed by atoms with Gasteiger partial charge in [-0.05, 0) is 19.4 Å². The number of halogens is 1. The number of nitrogens with zero attached hydrogens (tertiary/aromatic N) is 1. The van der Waals surface area contributed by atoms with Crippen LogP contribution in [-0.4, -0.2) is 41.8 Å². The zero-order valence-electron chi connectivity index (χ0n) is 12.9. The van der Waals surface area contributed by atoms with Crippen molar-refractivity contribution in [3.8, 4) is 5.75 Å². The van der Waals surface area contributed by atoms with Gasteiger partial charge in [-0.1, -0.05) is 6.92 Å².